The zero-order valence-corrected chi connectivity index (χ0v) is 22.3. The fraction of sp³-hybridized carbons (Fsp3) is 0.462. The molecule has 2 aromatic carbocycles. The second-order valence-corrected chi connectivity index (χ2v) is 10.6. The first kappa shape index (κ1) is 25.9. The molecule has 7 heteroatoms. The molecule has 0 unspecified atom stereocenters. The Kier molecular flexibility index (Phi) is 9.53. The van der Waals surface area contributed by atoms with Crippen molar-refractivity contribution in [3.63, 3.8) is 0 Å². The van der Waals surface area contributed by atoms with Crippen molar-refractivity contribution in [1.82, 2.24) is 0 Å². The van der Waals surface area contributed by atoms with Crippen LogP contribution in [0.5, 0.6) is 0 Å². The van der Waals surface area contributed by atoms with E-state index in [9.17, 15) is 9.59 Å². The minimum atomic E-state index is -0.607. The quantitative estimate of drug-likeness (QED) is 0.283. The summed E-state index contributed by atoms with van der Waals surface area (Å²) in [6.45, 7) is 6.03. The Morgan fingerprint density at radius 1 is 0.970 bits per heavy atom. The molecule has 0 spiro atoms. The Morgan fingerprint density at radius 2 is 1.52 bits per heavy atom. The van der Waals surface area contributed by atoms with Crippen LogP contribution in [0, 0.1) is 6.92 Å². The average molecular weight is 582 g/mol. The number of benzene rings is 2. The van der Waals surface area contributed by atoms with E-state index in [1.807, 2.05) is 26.0 Å². The van der Waals surface area contributed by atoms with Gasteiger partial charge in [-0.05, 0) is 69.5 Å². The summed E-state index contributed by atoms with van der Waals surface area (Å²) in [5, 5.41) is 0. The molecule has 0 saturated carbocycles. The average Bonchev–Trinajstić information content (AvgIpc) is 2.79. The smallest absolute Gasteiger partial charge is 0.338 e. The monoisotopic (exact) mass is 580 g/mol. The number of ether oxygens (including phenoxy) is 3. The predicted molar refractivity (Wildman–Crippen MR) is 135 cm³/mol. The molecule has 5 atom stereocenters. The van der Waals surface area contributed by atoms with Gasteiger partial charge in [-0.25, -0.2) is 9.59 Å². The van der Waals surface area contributed by atoms with Gasteiger partial charge in [0.2, 0.25) is 0 Å². The molecule has 0 aromatic heterocycles. The van der Waals surface area contributed by atoms with Gasteiger partial charge in [-0.3, -0.25) is 0 Å². The first-order valence-corrected chi connectivity index (χ1v) is 13.0. The highest BCUT2D eigenvalue weighted by Crippen LogP contribution is 2.29. The molecular weight excluding hydrogens is 552 g/mol. The zero-order valence-electron chi connectivity index (χ0n) is 19.1. The van der Waals surface area contributed by atoms with Crippen LogP contribution in [0.25, 0.3) is 0 Å². The van der Waals surface area contributed by atoms with Crippen LogP contribution in [0.15, 0.2) is 53.0 Å². The maximum atomic E-state index is 12.9. The summed E-state index contributed by atoms with van der Waals surface area (Å²) in [5.74, 6) is -0.860. The lowest BCUT2D eigenvalue weighted by Crippen LogP contribution is -2.42. The standard InChI is InChI=1S/C26H30Br2O5/c1-4-21(28)22-13-14-23(32-25(29)19-9-11-20(27)12-10-19)24(15-17(3)31-22)33-26(30)18-7-5-16(2)6-8-18/h5-12,17,21-24H,4,13-15H2,1-3H3/t17-,21-,22+,23-,24+/m1/s1. The van der Waals surface area contributed by atoms with E-state index in [4.69, 9.17) is 14.2 Å². The van der Waals surface area contributed by atoms with Crippen LogP contribution >= 0.6 is 31.9 Å². The van der Waals surface area contributed by atoms with Crippen LogP contribution in [0.3, 0.4) is 0 Å². The number of esters is 2. The number of carbonyl (C=O) groups excluding carboxylic acids is 2. The summed E-state index contributed by atoms with van der Waals surface area (Å²) in [7, 11) is 0. The first-order chi connectivity index (χ1) is 15.8. The SMILES string of the molecule is CC[C@@H](Br)[C@@H]1CC[C@@H](OC(=O)c2ccc(Br)cc2)[C@@H](OC(=O)c2ccc(C)cc2)C[C@@H](C)O1. The van der Waals surface area contributed by atoms with Gasteiger partial charge in [0.25, 0.3) is 0 Å². The molecule has 33 heavy (non-hydrogen) atoms. The number of hydrogen-bond acceptors (Lipinski definition) is 5. The van der Waals surface area contributed by atoms with Crippen molar-refractivity contribution in [1.29, 1.82) is 0 Å². The van der Waals surface area contributed by atoms with Gasteiger partial charge in [-0.2, -0.15) is 0 Å². The van der Waals surface area contributed by atoms with Crippen molar-refractivity contribution in [2.24, 2.45) is 0 Å². The largest absolute Gasteiger partial charge is 0.455 e. The molecule has 0 amide bonds. The van der Waals surface area contributed by atoms with Crippen molar-refractivity contribution in [3.05, 3.63) is 69.7 Å². The van der Waals surface area contributed by atoms with E-state index in [2.05, 4.69) is 38.8 Å². The van der Waals surface area contributed by atoms with E-state index >= 15 is 0 Å². The normalized spacial score (nSPS) is 24.3. The number of halogens is 2. The van der Waals surface area contributed by atoms with Crippen molar-refractivity contribution in [2.45, 2.75) is 75.7 Å². The molecule has 1 heterocycles. The van der Waals surface area contributed by atoms with Crippen LogP contribution in [0.1, 0.15) is 65.8 Å². The zero-order chi connectivity index (χ0) is 24.0. The molecule has 1 fully saturated rings. The Balaban J connectivity index is 1.80. The van der Waals surface area contributed by atoms with Gasteiger partial charge in [-0.15, -0.1) is 0 Å². The topological polar surface area (TPSA) is 61.8 Å². The molecule has 0 N–H and O–H groups in total. The molecule has 3 rings (SSSR count). The third-order valence-electron chi connectivity index (χ3n) is 5.80. The van der Waals surface area contributed by atoms with Crippen molar-refractivity contribution >= 4 is 43.8 Å². The minimum absolute atomic E-state index is 0.00682. The first-order valence-electron chi connectivity index (χ1n) is 11.3. The lowest BCUT2D eigenvalue weighted by molar-refractivity contribution is -0.0954. The van der Waals surface area contributed by atoms with Gasteiger partial charge >= 0.3 is 11.9 Å². The van der Waals surface area contributed by atoms with Crippen molar-refractivity contribution in [2.75, 3.05) is 0 Å². The van der Waals surface area contributed by atoms with Gasteiger partial charge in [0.05, 0.1) is 23.3 Å². The molecular formula is C26H30Br2O5. The summed E-state index contributed by atoms with van der Waals surface area (Å²) in [4.78, 5) is 26.0. The molecule has 5 nitrogen and oxygen atoms in total. The molecule has 0 aliphatic carbocycles. The number of carbonyl (C=O) groups is 2. The predicted octanol–water partition coefficient (Wildman–Crippen LogP) is 6.64. The maximum absolute atomic E-state index is 12.9. The molecule has 1 aliphatic heterocycles. The minimum Gasteiger partial charge on any atom is -0.455 e. The van der Waals surface area contributed by atoms with E-state index in [1.165, 1.54) is 0 Å². The number of hydrogen-bond donors (Lipinski definition) is 0. The summed E-state index contributed by atoms with van der Waals surface area (Å²) in [6.07, 6.45) is 1.24. The van der Waals surface area contributed by atoms with Gasteiger partial charge < -0.3 is 14.2 Å². The van der Waals surface area contributed by atoms with Crippen molar-refractivity contribution < 1.29 is 23.8 Å². The Morgan fingerprint density at radius 3 is 2.09 bits per heavy atom. The van der Waals surface area contributed by atoms with Gasteiger partial charge in [-0.1, -0.05) is 56.5 Å². The van der Waals surface area contributed by atoms with E-state index in [-0.39, 0.29) is 17.0 Å². The third-order valence-corrected chi connectivity index (χ3v) is 7.56. The fourth-order valence-corrected chi connectivity index (χ4v) is 4.54. The van der Waals surface area contributed by atoms with Crippen molar-refractivity contribution in [3.8, 4) is 0 Å². The van der Waals surface area contributed by atoms with Crippen LogP contribution in [0.2, 0.25) is 0 Å². The van der Waals surface area contributed by atoms with E-state index in [0.717, 1.165) is 16.5 Å². The fourth-order valence-electron chi connectivity index (χ4n) is 3.89. The van der Waals surface area contributed by atoms with Gasteiger partial charge in [0.15, 0.2) is 0 Å². The lowest BCUT2D eigenvalue weighted by atomic mass is 9.96. The maximum Gasteiger partial charge on any atom is 0.338 e. The lowest BCUT2D eigenvalue weighted by Gasteiger charge is -2.35. The summed E-state index contributed by atoms with van der Waals surface area (Å²) < 4.78 is 19.0. The van der Waals surface area contributed by atoms with Crippen LogP contribution in [-0.2, 0) is 14.2 Å². The van der Waals surface area contributed by atoms with Crippen LogP contribution in [0.4, 0.5) is 0 Å². The highest BCUT2D eigenvalue weighted by atomic mass is 79.9. The summed E-state index contributed by atoms with van der Waals surface area (Å²) in [6, 6.07) is 14.3. The third kappa shape index (κ3) is 7.39. The second-order valence-electron chi connectivity index (χ2n) is 8.48. The van der Waals surface area contributed by atoms with E-state index in [0.29, 0.717) is 30.4 Å². The number of rotatable bonds is 6. The number of alkyl halides is 1. The molecule has 1 saturated heterocycles. The number of aryl methyl sites for hydroxylation is 1. The van der Waals surface area contributed by atoms with Crippen LogP contribution in [-0.4, -0.2) is 41.2 Å². The Labute approximate surface area is 212 Å². The highest BCUT2D eigenvalue weighted by Gasteiger charge is 2.36. The van der Waals surface area contributed by atoms with Gasteiger partial charge in [0, 0.05) is 15.7 Å². The Hall–Kier alpha value is -1.70. The molecule has 178 valence electrons. The summed E-state index contributed by atoms with van der Waals surface area (Å²) >= 11 is 7.09. The molecule has 0 radical (unpaired) electrons. The van der Waals surface area contributed by atoms with Gasteiger partial charge in [0.1, 0.15) is 12.2 Å². The van der Waals surface area contributed by atoms with E-state index < -0.39 is 24.1 Å². The Bertz CT molecular complexity index is 929. The van der Waals surface area contributed by atoms with E-state index in [1.54, 1.807) is 36.4 Å². The van der Waals surface area contributed by atoms with Crippen LogP contribution < -0.4 is 0 Å². The molecule has 0 bridgehead atoms. The molecule has 1 aliphatic rings. The molecule has 2 aromatic rings. The highest BCUT2D eigenvalue weighted by molar-refractivity contribution is 9.10. The summed E-state index contributed by atoms with van der Waals surface area (Å²) in [5.41, 5.74) is 1.99. The second kappa shape index (κ2) is 12.1.